The van der Waals surface area contributed by atoms with Crippen LogP contribution in [0.1, 0.15) is 46.3 Å². The fourth-order valence-electron chi connectivity index (χ4n) is 3.37. The van der Waals surface area contributed by atoms with E-state index in [-0.39, 0.29) is 11.6 Å². The van der Waals surface area contributed by atoms with Gasteiger partial charge >= 0.3 is 0 Å². The third-order valence-corrected chi connectivity index (χ3v) is 4.63. The summed E-state index contributed by atoms with van der Waals surface area (Å²) >= 11 is 0. The number of nitrogen functional groups attached to an aromatic ring is 1. The number of nitrogens with zero attached hydrogens (tertiary/aromatic N) is 3. The molecule has 2 amide bonds. The molecule has 27 heavy (non-hydrogen) atoms. The summed E-state index contributed by atoms with van der Waals surface area (Å²) in [5, 5.41) is 2.85. The van der Waals surface area contributed by atoms with Gasteiger partial charge in [-0.05, 0) is 49.9 Å². The van der Waals surface area contributed by atoms with Crippen LogP contribution >= 0.6 is 0 Å². The topological polar surface area (TPSA) is 127 Å². The molecule has 1 aromatic heterocycles. The van der Waals surface area contributed by atoms with Crippen molar-refractivity contribution in [2.45, 2.75) is 26.7 Å². The van der Waals surface area contributed by atoms with Crippen molar-refractivity contribution in [1.29, 1.82) is 0 Å². The first kappa shape index (κ1) is 18.6. The molecule has 0 spiro atoms. The molecule has 0 saturated carbocycles. The Labute approximate surface area is 158 Å². The van der Waals surface area contributed by atoms with Gasteiger partial charge in [-0.25, -0.2) is 9.97 Å². The van der Waals surface area contributed by atoms with Crippen LogP contribution in [-0.4, -0.2) is 34.9 Å². The first-order valence-corrected chi connectivity index (χ1v) is 8.95. The first-order valence-electron chi connectivity index (χ1n) is 8.95. The molecule has 8 heteroatoms. The Balaban J connectivity index is 1.94. The van der Waals surface area contributed by atoms with Gasteiger partial charge < -0.3 is 21.7 Å². The second kappa shape index (κ2) is 7.61. The molecule has 1 saturated heterocycles. The van der Waals surface area contributed by atoms with E-state index in [2.05, 4.69) is 27.1 Å². The SMILES string of the molecule is Cc1cc(C(=O)Nc2cc(C(N)=O)ccc2N2CCC[C@H](C)C2)nc(N)n1. The highest BCUT2D eigenvalue weighted by Gasteiger charge is 2.21. The highest BCUT2D eigenvalue weighted by molar-refractivity contribution is 6.06. The predicted octanol–water partition coefficient (Wildman–Crippen LogP) is 1.95. The van der Waals surface area contributed by atoms with Crippen LogP contribution in [0.25, 0.3) is 0 Å². The third kappa shape index (κ3) is 4.33. The fourth-order valence-corrected chi connectivity index (χ4v) is 3.37. The van der Waals surface area contributed by atoms with Crippen molar-refractivity contribution in [3.63, 3.8) is 0 Å². The van der Waals surface area contributed by atoms with Crippen LogP contribution in [0.2, 0.25) is 0 Å². The third-order valence-electron chi connectivity index (χ3n) is 4.63. The Bertz CT molecular complexity index is 862. The second-order valence-corrected chi connectivity index (χ2v) is 7.00. The monoisotopic (exact) mass is 368 g/mol. The lowest BCUT2D eigenvalue weighted by molar-refractivity contribution is 0.0995. The molecule has 2 aromatic rings. The number of nitrogens with two attached hydrogens (primary N) is 2. The van der Waals surface area contributed by atoms with Crippen LogP contribution in [0.5, 0.6) is 0 Å². The number of hydrogen-bond donors (Lipinski definition) is 3. The largest absolute Gasteiger partial charge is 0.370 e. The summed E-state index contributed by atoms with van der Waals surface area (Å²) < 4.78 is 0. The van der Waals surface area contributed by atoms with E-state index in [0.29, 0.717) is 22.9 Å². The molecule has 5 N–H and O–H groups in total. The number of benzene rings is 1. The normalized spacial score (nSPS) is 16.8. The van der Waals surface area contributed by atoms with Crippen LogP contribution in [0, 0.1) is 12.8 Å². The number of anilines is 3. The average molecular weight is 368 g/mol. The zero-order valence-corrected chi connectivity index (χ0v) is 15.5. The molecule has 0 radical (unpaired) electrons. The summed E-state index contributed by atoms with van der Waals surface area (Å²) in [5.74, 6) is -0.370. The number of amides is 2. The molecule has 1 atom stereocenters. The second-order valence-electron chi connectivity index (χ2n) is 7.00. The summed E-state index contributed by atoms with van der Waals surface area (Å²) in [6.45, 7) is 5.72. The van der Waals surface area contributed by atoms with Crippen molar-refractivity contribution in [2.75, 3.05) is 29.0 Å². The maximum Gasteiger partial charge on any atom is 0.274 e. The van der Waals surface area contributed by atoms with Crippen LogP contribution < -0.4 is 21.7 Å². The minimum Gasteiger partial charge on any atom is -0.370 e. The lowest BCUT2D eigenvalue weighted by atomic mass is 9.99. The highest BCUT2D eigenvalue weighted by Crippen LogP contribution is 2.31. The van der Waals surface area contributed by atoms with Gasteiger partial charge in [-0.2, -0.15) is 0 Å². The Hall–Kier alpha value is -3.16. The number of piperidine rings is 1. The average Bonchev–Trinajstić information content (AvgIpc) is 2.60. The van der Waals surface area contributed by atoms with Crippen LogP contribution in [-0.2, 0) is 0 Å². The van der Waals surface area contributed by atoms with E-state index in [1.807, 2.05) is 6.07 Å². The summed E-state index contributed by atoms with van der Waals surface area (Å²) in [4.78, 5) is 34.5. The van der Waals surface area contributed by atoms with Crippen LogP contribution in [0.3, 0.4) is 0 Å². The van der Waals surface area contributed by atoms with Crippen molar-refractivity contribution >= 4 is 29.1 Å². The van der Waals surface area contributed by atoms with Crippen molar-refractivity contribution in [3.8, 4) is 0 Å². The van der Waals surface area contributed by atoms with Gasteiger partial charge in [0.2, 0.25) is 11.9 Å². The van der Waals surface area contributed by atoms with Crippen LogP contribution in [0.4, 0.5) is 17.3 Å². The van der Waals surface area contributed by atoms with E-state index in [4.69, 9.17) is 11.5 Å². The van der Waals surface area contributed by atoms with Gasteiger partial charge in [0.1, 0.15) is 5.69 Å². The van der Waals surface area contributed by atoms with Crippen LogP contribution in [0.15, 0.2) is 24.3 Å². The minimum atomic E-state index is -0.550. The summed E-state index contributed by atoms with van der Waals surface area (Å²) in [6.07, 6.45) is 2.25. The zero-order chi connectivity index (χ0) is 19.6. The number of rotatable bonds is 4. The summed E-state index contributed by atoms with van der Waals surface area (Å²) in [5.41, 5.74) is 13.5. The van der Waals surface area contributed by atoms with E-state index in [1.165, 1.54) is 6.42 Å². The number of nitrogens with one attached hydrogen (secondary N) is 1. The zero-order valence-electron chi connectivity index (χ0n) is 15.5. The Morgan fingerprint density at radius 2 is 2.04 bits per heavy atom. The van der Waals surface area contributed by atoms with Gasteiger partial charge in [0.05, 0.1) is 11.4 Å². The van der Waals surface area contributed by atoms with E-state index < -0.39 is 11.8 Å². The number of aryl methyl sites for hydroxylation is 1. The molecular formula is C19H24N6O2. The van der Waals surface area contributed by atoms with E-state index >= 15 is 0 Å². The Morgan fingerprint density at radius 1 is 1.26 bits per heavy atom. The summed E-state index contributed by atoms with van der Waals surface area (Å²) in [6, 6.07) is 6.67. The van der Waals surface area contributed by atoms with Crippen molar-refractivity contribution < 1.29 is 9.59 Å². The molecular weight excluding hydrogens is 344 g/mol. The number of hydrogen-bond acceptors (Lipinski definition) is 6. The minimum absolute atomic E-state index is 0.0381. The van der Waals surface area contributed by atoms with Gasteiger partial charge in [0.15, 0.2) is 0 Å². The lowest BCUT2D eigenvalue weighted by Gasteiger charge is -2.34. The van der Waals surface area contributed by atoms with Gasteiger partial charge in [0, 0.05) is 24.3 Å². The standard InChI is InChI=1S/C19H24N6O2/c1-11-4-3-7-25(10-11)16-6-5-13(17(20)26)9-14(16)23-18(27)15-8-12(2)22-19(21)24-15/h5-6,8-9,11H,3-4,7,10H2,1-2H3,(H2,20,26)(H,23,27)(H2,21,22,24)/t11-/m0/s1. The number of carbonyl (C=O) groups is 2. The number of aromatic nitrogens is 2. The number of primary amides is 1. The predicted molar refractivity (Wildman–Crippen MR) is 105 cm³/mol. The lowest BCUT2D eigenvalue weighted by Crippen LogP contribution is -2.35. The van der Waals surface area contributed by atoms with Gasteiger partial charge in [-0.15, -0.1) is 0 Å². The first-order chi connectivity index (χ1) is 12.8. The highest BCUT2D eigenvalue weighted by atomic mass is 16.2. The smallest absolute Gasteiger partial charge is 0.274 e. The molecule has 3 rings (SSSR count). The van der Waals surface area contributed by atoms with E-state index in [0.717, 1.165) is 25.2 Å². The van der Waals surface area contributed by atoms with Gasteiger partial charge in [-0.1, -0.05) is 6.92 Å². The molecule has 0 aliphatic carbocycles. The fraction of sp³-hybridized carbons (Fsp3) is 0.368. The molecule has 142 valence electrons. The van der Waals surface area contributed by atoms with Crippen molar-refractivity contribution in [1.82, 2.24) is 9.97 Å². The molecule has 8 nitrogen and oxygen atoms in total. The maximum absolute atomic E-state index is 12.7. The van der Waals surface area contributed by atoms with E-state index in [1.54, 1.807) is 25.1 Å². The van der Waals surface area contributed by atoms with E-state index in [9.17, 15) is 9.59 Å². The quantitative estimate of drug-likeness (QED) is 0.757. The molecule has 2 heterocycles. The number of carbonyl (C=O) groups excluding carboxylic acids is 2. The molecule has 1 aromatic carbocycles. The van der Waals surface area contributed by atoms with Gasteiger partial charge in [0.25, 0.3) is 5.91 Å². The molecule has 1 aliphatic rings. The Kier molecular flexibility index (Phi) is 5.25. The van der Waals surface area contributed by atoms with Gasteiger partial charge in [-0.3, -0.25) is 9.59 Å². The molecule has 1 aliphatic heterocycles. The summed E-state index contributed by atoms with van der Waals surface area (Å²) in [7, 11) is 0. The Morgan fingerprint density at radius 3 is 2.70 bits per heavy atom. The van der Waals surface area contributed by atoms with Crippen molar-refractivity contribution in [2.24, 2.45) is 11.7 Å². The molecule has 1 fully saturated rings. The molecule has 0 bridgehead atoms. The molecule has 0 unspecified atom stereocenters. The maximum atomic E-state index is 12.7. The van der Waals surface area contributed by atoms with Crippen molar-refractivity contribution in [3.05, 3.63) is 41.2 Å².